The van der Waals surface area contributed by atoms with Crippen LogP contribution in [0.2, 0.25) is 0 Å². The Labute approximate surface area is 143 Å². The predicted molar refractivity (Wildman–Crippen MR) is 88.5 cm³/mol. The number of aromatic nitrogens is 3. The van der Waals surface area contributed by atoms with Crippen molar-refractivity contribution in [3.63, 3.8) is 0 Å². The largest absolute Gasteiger partial charge is 0.416 e. The zero-order chi connectivity index (χ0) is 17.4. The maximum Gasteiger partial charge on any atom is 0.416 e. The molecule has 25 heavy (non-hydrogen) atoms. The number of carbonyl (C=O) groups is 1. The number of hydrogen-bond donors (Lipinski definition) is 1. The molecule has 0 unspecified atom stereocenters. The van der Waals surface area contributed by atoms with Crippen molar-refractivity contribution in [1.29, 1.82) is 0 Å². The summed E-state index contributed by atoms with van der Waals surface area (Å²) < 4.78 is 10.0. The third-order valence-corrected chi connectivity index (χ3v) is 4.60. The zero-order valence-corrected chi connectivity index (χ0v) is 13.7. The Morgan fingerprint density at radius 2 is 2.28 bits per heavy atom. The standard InChI is InChI=1S/C18H17N3O4/c1-2-16-20-17(21-25-16)12-5-6-13-10(7-12)3-4-11(13)8-14(22)15-9-19-18(23)24-15/h5-7,9,11H,2-4,8H2,1H3,(H,19,23)/t11-/m0/s1. The van der Waals surface area contributed by atoms with Gasteiger partial charge in [0.05, 0.1) is 6.20 Å². The summed E-state index contributed by atoms with van der Waals surface area (Å²) in [7, 11) is 0. The molecule has 4 rings (SSSR count). The van der Waals surface area contributed by atoms with Crippen molar-refractivity contribution in [1.82, 2.24) is 15.1 Å². The molecule has 1 atom stereocenters. The molecule has 0 bridgehead atoms. The number of oxazole rings is 1. The minimum atomic E-state index is -0.605. The number of hydrogen-bond acceptors (Lipinski definition) is 6. The number of benzene rings is 1. The summed E-state index contributed by atoms with van der Waals surface area (Å²) in [5.41, 5.74) is 3.29. The molecule has 1 N–H and O–H groups in total. The molecule has 0 saturated heterocycles. The van der Waals surface area contributed by atoms with E-state index in [4.69, 9.17) is 8.94 Å². The van der Waals surface area contributed by atoms with Crippen LogP contribution in [0, 0.1) is 0 Å². The number of ketones is 1. The Kier molecular flexibility index (Phi) is 3.83. The molecule has 128 valence electrons. The van der Waals surface area contributed by atoms with Gasteiger partial charge >= 0.3 is 5.76 Å². The molecule has 3 aromatic rings. The van der Waals surface area contributed by atoms with Gasteiger partial charge < -0.3 is 8.94 Å². The van der Waals surface area contributed by atoms with Crippen LogP contribution in [0.15, 0.2) is 38.1 Å². The zero-order valence-electron chi connectivity index (χ0n) is 13.7. The van der Waals surface area contributed by atoms with Gasteiger partial charge in [0.1, 0.15) is 0 Å². The van der Waals surface area contributed by atoms with Crippen LogP contribution in [0.4, 0.5) is 0 Å². The van der Waals surface area contributed by atoms with Crippen molar-refractivity contribution in [2.45, 2.75) is 38.5 Å². The van der Waals surface area contributed by atoms with Gasteiger partial charge in [-0.3, -0.25) is 9.78 Å². The highest BCUT2D eigenvalue weighted by Crippen LogP contribution is 2.37. The Balaban J connectivity index is 1.54. The molecule has 2 aromatic heterocycles. The number of Topliss-reactive ketones (excluding diaryl/α,β-unsaturated/α-hetero) is 1. The van der Waals surface area contributed by atoms with Crippen LogP contribution in [0.25, 0.3) is 11.4 Å². The van der Waals surface area contributed by atoms with Crippen LogP contribution >= 0.6 is 0 Å². The Morgan fingerprint density at radius 3 is 3.00 bits per heavy atom. The van der Waals surface area contributed by atoms with Crippen LogP contribution in [-0.4, -0.2) is 20.9 Å². The molecule has 0 aliphatic heterocycles. The fourth-order valence-corrected chi connectivity index (χ4v) is 3.32. The smallest absolute Gasteiger partial charge is 0.405 e. The van der Waals surface area contributed by atoms with Gasteiger partial charge in [0, 0.05) is 18.4 Å². The van der Waals surface area contributed by atoms with Gasteiger partial charge in [-0.15, -0.1) is 0 Å². The van der Waals surface area contributed by atoms with Gasteiger partial charge in [0.15, 0.2) is 11.5 Å². The molecule has 1 aliphatic carbocycles. The molecule has 1 aliphatic rings. The second-order valence-electron chi connectivity index (χ2n) is 6.18. The first-order chi connectivity index (χ1) is 12.1. The van der Waals surface area contributed by atoms with Crippen molar-refractivity contribution >= 4 is 5.78 Å². The molecular weight excluding hydrogens is 322 g/mol. The lowest BCUT2D eigenvalue weighted by atomic mass is 9.94. The summed E-state index contributed by atoms with van der Waals surface area (Å²) in [6.07, 6.45) is 4.15. The van der Waals surface area contributed by atoms with Crippen LogP contribution in [0.3, 0.4) is 0 Å². The molecule has 7 heteroatoms. The lowest BCUT2D eigenvalue weighted by Crippen LogP contribution is -2.05. The molecule has 0 amide bonds. The van der Waals surface area contributed by atoms with E-state index in [-0.39, 0.29) is 17.5 Å². The maximum absolute atomic E-state index is 12.3. The summed E-state index contributed by atoms with van der Waals surface area (Å²) in [6.45, 7) is 1.97. The highest BCUT2D eigenvalue weighted by molar-refractivity contribution is 5.93. The third kappa shape index (κ3) is 2.93. The first-order valence-corrected chi connectivity index (χ1v) is 8.31. The summed E-state index contributed by atoms with van der Waals surface area (Å²) >= 11 is 0. The van der Waals surface area contributed by atoms with Crippen LogP contribution in [0.5, 0.6) is 0 Å². The lowest BCUT2D eigenvalue weighted by molar-refractivity contribution is 0.0944. The van der Waals surface area contributed by atoms with E-state index in [2.05, 4.69) is 21.2 Å². The van der Waals surface area contributed by atoms with E-state index in [1.807, 2.05) is 19.1 Å². The van der Waals surface area contributed by atoms with E-state index in [0.29, 0.717) is 24.6 Å². The summed E-state index contributed by atoms with van der Waals surface area (Å²) in [4.78, 5) is 30.0. The Hall–Kier alpha value is -2.96. The number of fused-ring (bicyclic) bond motifs is 1. The molecule has 0 saturated carbocycles. The molecule has 0 spiro atoms. The second kappa shape index (κ2) is 6.16. The average molecular weight is 339 g/mol. The first kappa shape index (κ1) is 15.6. The summed E-state index contributed by atoms with van der Waals surface area (Å²) in [5.74, 6) is 0.667. The molecule has 0 fully saturated rings. The number of carbonyl (C=O) groups excluding carboxylic acids is 1. The quantitative estimate of drug-likeness (QED) is 0.717. The van der Waals surface area contributed by atoms with Crippen LogP contribution in [0.1, 0.15) is 53.3 Å². The molecule has 7 nitrogen and oxygen atoms in total. The highest BCUT2D eigenvalue weighted by Gasteiger charge is 2.27. The van der Waals surface area contributed by atoms with E-state index in [9.17, 15) is 9.59 Å². The van der Waals surface area contributed by atoms with Crippen molar-refractivity contribution < 1.29 is 13.7 Å². The highest BCUT2D eigenvalue weighted by atomic mass is 16.5. The molecule has 1 aromatic carbocycles. The van der Waals surface area contributed by atoms with Gasteiger partial charge in [0.2, 0.25) is 11.7 Å². The molecule has 2 heterocycles. The van der Waals surface area contributed by atoms with Gasteiger partial charge in [-0.05, 0) is 36.0 Å². The SMILES string of the molecule is CCc1nc(-c2ccc3c(c2)CC[C@H]3CC(=O)c2c[nH]c(=O)o2)no1. The van der Waals surface area contributed by atoms with Crippen molar-refractivity contribution in [3.8, 4) is 11.4 Å². The number of nitrogens with one attached hydrogen (secondary N) is 1. The van der Waals surface area contributed by atoms with Crippen LogP contribution < -0.4 is 5.76 Å². The number of aryl methyl sites for hydroxylation is 2. The Morgan fingerprint density at radius 1 is 1.40 bits per heavy atom. The van der Waals surface area contributed by atoms with Crippen molar-refractivity contribution in [3.05, 3.63) is 57.7 Å². The fourth-order valence-electron chi connectivity index (χ4n) is 3.32. The molecule has 0 radical (unpaired) electrons. The van der Waals surface area contributed by atoms with E-state index >= 15 is 0 Å². The monoisotopic (exact) mass is 339 g/mol. The molecular formula is C18H17N3O4. The van der Waals surface area contributed by atoms with E-state index < -0.39 is 5.76 Å². The van der Waals surface area contributed by atoms with E-state index in [0.717, 1.165) is 24.0 Å². The van der Waals surface area contributed by atoms with E-state index in [1.54, 1.807) is 0 Å². The minimum absolute atomic E-state index is 0.0916. The topological polar surface area (TPSA) is 102 Å². The summed E-state index contributed by atoms with van der Waals surface area (Å²) in [6, 6.07) is 6.06. The predicted octanol–water partition coefficient (Wildman–Crippen LogP) is 2.88. The maximum atomic E-state index is 12.3. The second-order valence-corrected chi connectivity index (χ2v) is 6.18. The number of H-pyrrole nitrogens is 1. The van der Waals surface area contributed by atoms with Crippen molar-refractivity contribution in [2.24, 2.45) is 0 Å². The minimum Gasteiger partial charge on any atom is -0.405 e. The fraction of sp³-hybridized carbons (Fsp3) is 0.333. The van der Waals surface area contributed by atoms with Gasteiger partial charge in [-0.2, -0.15) is 4.98 Å². The van der Waals surface area contributed by atoms with Gasteiger partial charge in [-0.1, -0.05) is 24.2 Å². The van der Waals surface area contributed by atoms with Crippen LogP contribution in [-0.2, 0) is 12.8 Å². The number of rotatable bonds is 5. The van der Waals surface area contributed by atoms with Gasteiger partial charge in [-0.25, -0.2) is 4.79 Å². The number of nitrogens with zero attached hydrogens (tertiary/aromatic N) is 2. The average Bonchev–Trinajstić information content (AvgIpc) is 3.34. The normalized spacial score (nSPS) is 16.1. The van der Waals surface area contributed by atoms with Gasteiger partial charge in [0.25, 0.3) is 0 Å². The van der Waals surface area contributed by atoms with Crippen molar-refractivity contribution in [2.75, 3.05) is 0 Å². The first-order valence-electron chi connectivity index (χ1n) is 8.31. The number of aromatic amines is 1. The Bertz CT molecular complexity index is 982. The third-order valence-electron chi connectivity index (χ3n) is 4.60. The van der Waals surface area contributed by atoms with E-state index in [1.165, 1.54) is 11.8 Å². The summed E-state index contributed by atoms with van der Waals surface area (Å²) in [5, 5.41) is 4.01. The lowest BCUT2D eigenvalue weighted by Gasteiger charge is -2.10.